The molecule has 0 aliphatic carbocycles. The van der Waals surface area contributed by atoms with E-state index in [9.17, 15) is 26.4 Å². The number of esters is 1. The molecule has 17 heteroatoms. The SMILES string of the molecule is CCCCN(CC(=O)OCc1ccccc1)C(=O)[C@H](CCCN=C(N)N)NS(=O)(=O)c1ccc2ccccc2c1.Cc1ccc(S(=O)(=O)O)cc1.N#N. The maximum absolute atomic E-state index is 13.7. The van der Waals surface area contributed by atoms with Crippen molar-refractivity contribution in [2.24, 2.45) is 16.5 Å². The van der Waals surface area contributed by atoms with Gasteiger partial charge in [0.25, 0.3) is 10.1 Å². The van der Waals surface area contributed by atoms with Gasteiger partial charge in [-0.25, -0.2) is 8.42 Å². The Bertz CT molecular complexity index is 2040. The van der Waals surface area contributed by atoms with Crippen molar-refractivity contribution in [3.8, 4) is 0 Å². The maximum Gasteiger partial charge on any atom is 0.325 e. The van der Waals surface area contributed by atoms with E-state index in [1.54, 1.807) is 24.3 Å². The molecule has 4 aromatic carbocycles. The van der Waals surface area contributed by atoms with E-state index in [1.165, 1.54) is 23.1 Å². The number of aliphatic imine (C=N–C) groups is 1. The highest BCUT2D eigenvalue weighted by atomic mass is 32.2. The van der Waals surface area contributed by atoms with Crippen molar-refractivity contribution in [2.45, 2.75) is 62.0 Å². The normalized spacial score (nSPS) is 11.5. The van der Waals surface area contributed by atoms with Crippen LogP contribution in [-0.4, -0.2) is 69.8 Å². The lowest BCUT2D eigenvalue weighted by Crippen LogP contribution is -2.50. The lowest BCUT2D eigenvalue weighted by molar-refractivity contribution is -0.151. The summed E-state index contributed by atoms with van der Waals surface area (Å²) in [6, 6.07) is 26.3. The van der Waals surface area contributed by atoms with Gasteiger partial charge in [0.15, 0.2) is 5.96 Å². The third-order valence-electron chi connectivity index (χ3n) is 7.55. The zero-order valence-electron chi connectivity index (χ0n) is 29.5. The zero-order valence-corrected chi connectivity index (χ0v) is 31.2. The number of guanidine groups is 1. The minimum atomic E-state index is -4.08. The fourth-order valence-corrected chi connectivity index (χ4v) is 6.55. The van der Waals surface area contributed by atoms with Gasteiger partial charge in [-0.15, -0.1) is 0 Å². The van der Waals surface area contributed by atoms with Gasteiger partial charge in [0.05, 0.1) is 9.79 Å². The first kappa shape index (κ1) is 43.8. The zero-order chi connectivity index (χ0) is 39.4. The van der Waals surface area contributed by atoms with Crippen LogP contribution < -0.4 is 16.2 Å². The third kappa shape index (κ3) is 15.4. The number of amides is 1. The number of nitrogens with two attached hydrogens (primary N) is 2. The van der Waals surface area contributed by atoms with E-state index >= 15 is 0 Å². The van der Waals surface area contributed by atoms with Gasteiger partial charge in [0.1, 0.15) is 19.2 Å². The molecule has 284 valence electrons. The summed E-state index contributed by atoms with van der Waals surface area (Å²) in [7, 11) is -8.10. The molecular weight excluding hydrogens is 723 g/mol. The van der Waals surface area contributed by atoms with Gasteiger partial charge in [0, 0.05) is 23.9 Å². The van der Waals surface area contributed by atoms with Crippen molar-refractivity contribution in [3.63, 3.8) is 0 Å². The van der Waals surface area contributed by atoms with Crippen molar-refractivity contribution in [1.29, 1.82) is 10.8 Å². The Labute approximate surface area is 310 Å². The molecule has 0 radical (unpaired) electrons. The summed E-state index contributed by atoms with van der Waals surface area (Å²) in [4.78, 5) is 31.7. The number of ether oxygens (including phenoxy) is 1. The fraction of sp³-hybridized carbons (Fsp3) is 0.306. The average molecular weight is 768 g/mol. The van der Waals surface area contributed by atoms with Gasteiger partial charge in [-0.05, 0) is 66.8 Å². The Morgan fingerprint density at radius 1 is 0.868 bits per heavy atom. The van der Waals surface area contributed by atoms with E-state index < -0.39 is 38.1 Å². The Morgan fingerprint density at radius 2 is 1.47 bits per heavy atom. The molecule has 0 spiro atoms. The topological polar surface area (TPSA) is 259 Å². The molecule has 15 nitrogen and oxygen atoms in total. The van der Waals surface area contributed by atoms with E-state index in [2.05, 4.69) is 9.71 Å². The second kappa shape index (κ2) is 21.8. The number of unbranched alkanes of at least 4 members (excludes halogenated alkanes) is 1. The maximum atomic E-state index is 13.7. The molecule has 4 aromatic rings. The lowest BCUT2D eigenvalue weighted by atomic mass is 10.1. The van der Waals surface area contributed by atoms with Crippen LogP contribution in [0, 0.1) is 17.7 Å². The minimum absolute atomic E-state index is 0.0376. The second-order valence-corrected chi connectivity index (χ2v) is 14.8. The first-order valence-corrected chi connectivity index (χ1v) is 19.4. The van der Waals surface area contributed by atoms with Crippen molar-refractivity contribution >= 4 is 48.7 Å². The van der Waals surface area contributed by atoms with Gasteiger partial charge >= 0.3 is 5.97 Å². The van der Waals surface area contributed by atoms with Crippen LogP contribution in [0.2, 0.25) is 0 Å². The van der Waals surface area contributed by atoms with Crippen LogP contribution in [-0.2, 0) is 41.1 Å². The van der Waals surface area contributed by atoms with Crippen molar-refractivity contribution in [3.05, 3.63) is 108 Å². The highest BCUT2D eigenvalue weighted by molar-refractivity contribution is 7.89. The highest BCUT2D eigenvalue weighted by Gasteiger charge is 2.30. The number of benzene rings is 4. The van der Waals surface area contributed by atoms with Crippen LogP contribution in [0.3, 0.4) is 0 Å². The fourth-order valence-electron chi connectivity index (χ4n) is 4.81. The molecule has 0 heterocycles. The summed E-state index contributed by atoms with van der Waals surface area (Å²) in [6.07, 6.45) is 1.88. The van der Waals surface area contributed by atoms with Gasteiger partial charge in [-0.2, -0.15) is 13.1 Å². The van der Waals surface area contributed by atoms with Crippen molar-refractivity contribution in [1.82, 2.24) is 9.62 Å². The van der Waals surface area contributed by atoms with Gasteiger partial charge in [0.2, 0.25) is 15.9 Å². The molecule has 0 saturated heterocycles. The molecular formula is C36H45N7O8S2. The number of nitrogens with one attached hydrogen (secondary N) is 1. The van der Waals surface area contributed by atoms with Crippen LogP contribution in [0.1, 0.15) is 43.7 Å². The summed E-state index contributed by atoms with van der Waals surface area (Å²) < 4.78 is 64.3. The number of carbonyl (C=O) groups is 2. The van der Waals surface area contributed by atoms with Crippen LogP contribution in [0.15, 0.2) is 112 Å². The molecule has 1 atom stereocenters. The number of rotatable bonds is 16. The van der Waals surface area contributed by atoms with E-state index in [0.717, 1.165) is 28.3 Å². The van der Waals surface area contributed by atoms with Crippen LogP contribution in [0.4, 0.5) is 0 Å². The molecule has 0 saturated carbocycles. The number of sulfonamides is 1. The van der Waals surface area contributed by atoms with Crippen LogP contribution in [0.25, 0.3) is 10.8 Å². The smallest absolute Gasteiger partial charge is 0.325 e. The molecule has 4 rings (SSSR count). The number of nitrogens with zero attached hydrogens (tertiary/aromatic N) is 4. The molecule has 0 fully saturated rings. The van der Waals surface area contributed by atoms with Gasteiger partial charge in [-0.1, -0.05) is 91.7 Å². The lowest BCUT2D eigenvalue weighted by Gasteiger charge is -2.27. The minimum Gasteiger partial charge on any atom is -0.459 e. The largest absolute Gasteiger partial charge is 0.459 e. The number of fused-ring (bicyclic) bond motifs is 1. The number of carbonyl (C=O) groups excluding carboxylic acids is 2. The molecule has 0 aliphatic heterocycles. The summed E-state index contributed by atoms with van der Waals surface area (Å²) >= 11 is 0. The summed E-state index contributed by atoms with van der Waals surface area (Å²) in [6.45, 7) is 4.08. The predicted molar refractivity (Wildman–Crippen MR) is 200 cm³/mol. The van der Waals surface area contributed by atoms with E-state index in [4.69, 9.17) is 31.5 Å². The van der Waals surface area contributed by atoms with E-state index in [-0.39, 0.29) is 48.4 Å². The molecule has 1 amide bonds. The predicted octanol–water partition coefficient (Wildman–Crippen LogP) is 4.18. The molecule has 0 aliphatic rings. The average Bonchev–Trinajstić information content (AvgIpc) is 3.14. The van der Waals surface area contributed by atoms with Crippen LogP contribution in [0.5, 0.6) is 0 Å². The van der Waals surface area contributed by atoms with Crippen molar-refractivity contribution in [2.75, 3.05) is 19.6 Å². The Balaban J connectivity index is 0.000000632. The quantitative estimate of drug-likeness (QED) is 0.0313. The molecule has 53 heavy (non-hydrogen) atoms. The first-order valence-electron chi connectivity index (χ1n) is 16.5. The van der Waals surface area contributed by atoms with Crippen LogP contribution >= 0.6 is 0 Å². The van der Waals surface area contributed by atoms with E-state index in [0.29, 0.717) is 12.8 Å². The Morgan fingerprint density at radius 3 is 2.08 bits per heavy atom. The molecule has 6 N–H and O–H groups in total. The summed E-state index contributed by atoms with van der Waals surface area (Å²) in [5, 5.41) is 13.7. The molecule has 0 bridgehead atoms. The Kier molecular flexibility index (Phi) is 18.0. The molecule has 0 aromatic heterocycles. The van der Waals surface area contributed by atoms with E-state index in [1.807, 2.05) is 68.4 Å². The standard InChI is InChI=1S/C29H37N5O5S.C7H8O3S.N2/c1-2-3-18-34(20-27(35)39-21-22-10-5-4-6-11-22)28(36)26(14-9-17-32-29(30)31)33-40(37,38)25-16-15-23-12-7-8-13-24(23)19-25;1-6-2-4-7(5-3-6)11(8,9)10;1-2/h4-8,10-13,15-16,19,26,33H,2-3,9,14,17-18,20-21H2,1H3,(H4,30,31,32);2-5H,1H3,(H,8,9,10);/t26-;;/m0../s1. The summed E-state index contributed by atoms with van der Waals surface area (Å²) in [5.41, 5.74) is 12.6. The summed E-state index contributed by atoms with van der Waals surface area (Å²) in [5.74, 6) is -1.19. The monoisotopic (exact) mass is 767 g/mol. The molecule has 0 unspecified atom stereocenters. The Hall–Kier alpha value is -5.41. The number of hydrogen-bond donors (Lipinski definition) is 4. The van der Waals surface area contributed by atoms with Gasteiger partial charge in [-0.3, -0.25) is 19.1 Å². The number of aryl methyl sites for hydroxylation is 1. The highest BCUT2D eigenvalue weighted by Crippen LogP contribution is 2.20. The van der Waals surface area contributed by atoms with Gasteiger partial charge < -0.3 is 21.1 Å². The van der Waals surface area contributed by atoms with Crippen molar-refractivity contribution < 1.29 is 35.7 Å². The number of hydrogen-bond acceptors (Lipinski definition) is 10. The first-order chi connectivity index (χ1) is 25.2. The second-order valence-electron chi connectivity index (χ2n) is 11.7. The third-order valence-corrected chi connectivity index (χ3v) is 9.88.